The van der Waals surface area contributed by atoms with Crippen LogP contribution in [0.4, 0.5) is 0 Å². The predicted molar refractivity (Wildman–Crippen MR) is 146 cm³/mol. The summed E-state index contributed by atoms with van der Waals surface area (Å²) in [5.74, 6) is -6.35. The molecule has 1 saturated heterocycles. The number of carbonyl (C=O) groups excluding carboxylic acids is 3. The molecule has 1 aliphatic heterocycles. The van der Waals surface area contributed by atoms with Crippen LogP contribution in [0.15, 0.2) is 28.7 Å². The fourth-order valence-electron chi connectivity index (χ4n) is 7.44. The smallest absolute Gasteiger partial charge is 0.255 e. The summed E-state index contributed by atoms with van der Waals surface area (Å²) < 4.78 is 11.2. The average Bonchev–Trinajstić information content (AvgIpc) is 3.32. The van der Waals surface area contributed by atoms with E-state index < -0.39 is 58.0 Å². The van der Waals surface area contributed by atoms with Gasteiger partial charge in [-0.1, -0.05) is 0 Å². The number of Topliss-reactive ketones (excluding diaryl/α,β-unsaturated/α-hetero) is 2. The maximum Gasteiger partial charge on any atom is 0.255 e. The van der Waals surface area contributed by atoms with Crippen molar-refractivity contribution in [3.8, 4) is 11.5 Å². The number of hydrogen-bond donors (Lipinski definition) is 5. The van der Waals surface area contributed by atoms with Gasteiger partial charge in [0.15, 0.2) is 11.4 Å². The third-order valence-electron chi connectivity index (χ3n) is 9.19. The van der Waals surface area contributed by atoms with Crippen LogP contribution in [0.25, 0.3) is 0 Å². The van der Waals surface area contributed by atoms with Crippen molar-refractivity contribution >= 4 is 17.5 Å². The van der Waals surface area contributed by atoms with Gasteiger partial charge in [0.2, 0.25) is 5.78 Å². The molecule has 0 unspecified atom stereocenters. The van der Waals surface area contributed by atoms with Crippen LogP contribution in [0, 0.1) is 11.8 Å². The van der Waals surface area contributed by atoms with Crippen LogP contribution in [-0.4, -0.2) is 107 Å². The Morgan fingerprint density at radius 2 is 1.93 bits per heavy atom. The summed E-state index contributed by atoms with van der Waals surface area (Å²) in [5.41, 5.74) is 2.79. The topological polar surface area (TPSA) is 183 Å². The summed E-state index contributed by atoms with van der Waals surface area (Å²) in [6, 6.07) is 0.648. The van der Waals surface area contributed by atoms with Crippen molar-refractivity contribution in [2.24, 2.45) is 17.6 Å². The van der Waals surface area contributed by atoms with Gasteiger partial charge in [-0.3, -0.25) is 24.2 Å². The summed E-state index contributed by atoms with van der Waals surface area (Å²) in [6.45, 7) is 1.89. The van der Waals surface area contributed by atoms with Gasteiger partial charge in [0.25, 0.3) is 5.91 Å². The number of phenols is 1. The summed E-state index contributed by atoms with van der Waals surface area (Å²) in [6.07, 6.45) is 2.18. The summed E-state index contributed by atoms with van der Waals surface area (Å²) >= 11 is 0. The number of rotatable bonds is 7. The van der Waals surface area contributed by atoms with Gasteiger partial charge in [-0.15, -0.1) is 0 Å². The van der Waals surface area contributed by atoms with Crippen LogP contribution in [0.1, 0.15) is 40.7 Å². The highest BCUT2D eigenvalue weighted by Crippen LogP contribution is 2.53. The first-order valence-electron chi connectivity index (χ1n) is 13.7. The first kappa shape index (κ1) is 29.1. The second kappa shape index (κ2) is 10.4. The van der Waals surface area contributed by atoms with Gasteiger partial charge in [-0.25, -0.2) is 0 Å². The van der Waals surface area contributed by atoms with Crippen LogP contribution in [0.2, 0.25) is 0 Å². The van der Waals surface area contributed by atoms with E-state index in [4.69, 9.17) is 15.2 Å². The Hall–Kier alpha value is -3.45. The molecule has 0 saturated carbocycles. The van der Waals surface area contributed by atoms with Crippen LogP contribution < -0.4 is 10.5 Å². The molecule has 4 aliphatic rings. The number of ether oxygens (including phenoxy) is 2. The molecule has 0 radical (unpaired) electrons. The van der Waals surface area contributed by atoms with Crippen LogP contribution >= 0.6 is 0 Å². The molecule has 12 nitrogen and oxygen atoms in total. The highest BCUT2D eigenvalue weighted by atomic mass is 16.5. The van der Waals surface area contributed by atoms with E-state index in [1.165, 1.54) is 18.1 Å². The Balaban J connectivity index is 1.62. The van der Waals surface area contributed by atoms with Crippen LogP contribution in [-0.2, 0) is 27.3 Å². The number of amides is 1. The first-order chi connectivity index (χ1) is 19.4. The maximum absolute atomic E-state index is 13.9. The van der Waals surface area contributed by atoms with Crippen molar-refractivity contribution in [1.29, 1.82) is 0 Å². The van der Waals surface area contributed by atoms with Crippen molar-refractivity contribution in [2.45, 2.75) is 49.9 Å². The van der Waals surface area contributed by atoms with E-state index in [-0.39, 0.29) is 35.8 Å². The fourth-order valence-corrected chi connectivity index (χ4v) is 7.44. The molecule has 41 heavy (non-hydrogen) atoms. The molecular weight excluding hydrogens is 534 g/mol. The number of allylic oxidation sites excluding steroid dienone is 1. The molecule has 1 heterocycles. The standard InChI is InChI=1S/C29H37N3O9/c1-31(2)22-17-9-13-8-16-20(18(33)10-14(25(16)41-4)11-32-7-5-6-15(32)12-40-3)23(34)19(13)26(36)29(17,39)27(37)21(24(22)35)28(30)38/h10,13,15,17,22,33,35-36,39H,5-9,11-12H2,1-4H3,(H2,30,38)/t13-,15+,17-,22-,29-/m0/s1. The van der Waals surface area contributed by atoms with E-state index in [0.29, 0.717) is 30.0 Å². The Morgan fingerprint density at radius 3 is 2.54 bits per heavy atom. The molecule has 6 N–H and O–H groups in total. The minimum atomic E-state index is -2.67. The van der Waals surface area contributed by atoms with Gasteiger partial charge in [0.1, 0.15) is 28.6 Å². The first-order valence-corrected chi connectivity index (χ1v) is 13.7. The lowest BCUT2D eigenvalue weighted by atomic mass is 9.58. The van der Waals surface area contributed by atoms with Crippen molar-refractivity contribution in [1.82, 2.24) is 9.80 Å². The number of phenolic OH excluding ortho intramolecular Hbond substituents is 1. The minimum absolute atomic E-state index is 0.0158. The van der Waals surface area contributed by atoms with Crippen LogP contribution in [0.5, 0.6) is 11.5 Å². The van der Waals surface area contributed by atoms with Gasteiger partial charge < -0.3 is 35.6 Å². The third kappa shape index (κ3) is 4.23. The normalized spacial score (nSPS) is 30.0. The largest absolute Gasteiger partial charge is 0.510 e. The van der Waals surface area contributed by atoms with Gasteiger partial charge >= 0.3 is 0 Å². The van der Waals surface area contributed by atoms with E-state index in [1.807, 2.05) is 0 Å². The molecule has 12 heteroatoms. The zero-order valence-electron chi connectivity index (χ0n) is 23.6. The van der Waals surface area contributed by atoms with Crippen molar-refractivity contribution in [3.63, 3.8) is 0 Å². The Kier molecular flexibility index (Phi) is 7.39. The average molecular weight is 572 g/mol. The van der Waals surface area contributed by atoms with E-state index in [2.05, 4.69) is 4.90 Å². The van der Waals surface area contributed by atoms with Crippen LogP contribution in [0.3, 0.4) is 0 Å². The van der Waals surface area contributed by atoms with E-state index in [0.717, 1.165) is 19.4 Å². The number of likely N-dealkylation sites (tertiary alicyclic amines) is 1. The molecular formula is C29H37N3O9. The minimum Gasteiger partial charge on any atom is -0.510 e. The summed E-state index contributed by atoms with van der Waals surface area (Å²) in [4.78, 5) is 43.2. The summed E-state index contributed by atoms with van der Waals surface area (Å²) in [7, 11) is 6.34. The van der Waals surface area contributed by atoms with E-state index in [9.17, 15) is 34.8 Å². The molecule has 1 amide bonds. The second-order valence-corrected chi connectivity index (χ2v) is 11.6. The van der Waals surface area contributed by atoms with Crippen molar-refractivity contribution in [2.75, 3.05) is 41.5 Å². The lowest BCUT2D eigenvalue weighted by molar-refractivity contribution is -0.148. The molecule has 5 atom stereocenters. The number of hydrogen-bond acceptors (Lipinski definition) is 11. The molecule has 0 spiro atoms. The molecule has 222 valence electrons. The Labute approximate surface area is 237 Å². The number of nitrogens with zero attached hydrogens (tertiary/aromatic N) is 2. The number of primary amides is 1. The molecule has 0 bridgehead atoms. The number of fused-ring (bicyclic) bond motifs is 3. The van der Waals surface area contributed by atoms with E-state index >= 15 is 0 Å². The SMILES string of the molecule is COC[C@H]1CCCN1Cc1cc(O)c2c(c1OC)C[C@H]1C[C@H]3[C@H](N(C)C)C(O)=C(C(N)=O)C(=O)[C@@]3(O)C(O)=C1C2=O. The molecule has 3 aliphatic carbocycles. The van der Waals surface area contributed by atoms with Crippen molar-refractivity contribution < 1.29 is 44.3 Å². The quantitative estimate of drug-likeness (QED) is 0.291. The highest BCUT2D eigenvalue weighted by Gasteiger charge is 2.63. The highest BCUT2D eigenvalue weighted by molar-refractivity contribution is 6.24. The number of benzene rings is 1. The lowest BCUT2D eigenvalue weighted by Gasteiger charge is -2.50. The van der Waals surface area contributed by atoms with E-state index in [1.54, 1.807) is 21.2 Å². The molecule has 1 fully saturated rings. The molecule has 1 aromatic carbocycles. The number of aliphatic hydroxyl groups is 3. The Morgan fingerprint density at radius 1 is 1.22 bits per heavy atom. The second-order valence-electron chi connectivity index (χ2n) is 11.6. The van der Waals surface area contributed by atoms with Gasteiger partial charge in [0, 0.05) is 42.3 Å². The van der Waals surface area contributed by atoms with Gasteiger partial charge in [-0.05, 0) is 58.3 Å². The number of nitrogens with two attached hydrogens (primary N) is 1. The number of likely N-dealkylation sites (N-methyl/N-ethyl adjacent to an activating group) is 1. The number of aliphatic hydroxyl groups excluding tert-OH is 2. The fraction of sp³-hybridized carbons (Fsp3) is 0.552. The molecule has 1 aromatic rings. The monoisotopic (exact) mass is 571 g/mol. The summed E-state index contributed by atoms with van der Waals surface area (Å²) in [5, 5.41) is 45.2. The van der Waals surface area contributed by atoms with Crippen molar-refractivity contribution in [3.05, 3.63) is 45.4 Å². The third-order valence-corrected chi connectivity index (χ3v) is 9.19. The lowest BCUT2D eigenvalue weighted by Crippen LogP contribution is -2.63. The predicted octanol–water partition coefficient (Wildman–Crippen LogP) is 0.740. The van der Waals surface area contributed by atoms with Gasteiger partial charge in [0.05, 0.1) is 25.3 Å². The number of ketones is 2. The molecule has 0 aromatic heterocycles. The molecule has 5 rings (SSSR count). The number of carbonyl (C=O) groups is 3. The Bertz CT molecular complexity index is 1380. The van der Waals surface area contributed by atoms with Gasteiger partial charge in [-0.2, -0.15) is 0 Å². The number of aromatic hydroxyl groups is 1. The zero-order chi connectivity index (χ0) is 30.0. The maximum atomic E-state index is 13.9. The zero-order valence-corrected chi connectivity index (χ0v) is 23.6. The number of methoxy groups -OCH3 is 2.